The zero-order valence-corrected chi connectivity index (χ0v) is 7.91. The summed E-state index contributed by atoms with van der Waals surface area (Å²) in [5.74, 6) is -1.26. The molecular weight excluding hydrogens is 225 g/mol. The molecule has 0 spiro atoms. The number of carbonyl (C=O) groups is 1. The lowest BCUT2D eigenvalue weighted by atomic mass is 10.0. The fourth-order valence-electron chi connectivity index (χ4n) is 1.67. The highest BCUT2D eigenvalue weighted by Crippen LogP contribution is 2.39. The number of fused-ring (bicyclic) bond motifs is 1. The van der Waals surface area contributed by atoms with E-state index in [1.165, 1.54) is 12.1 Å². The molecule has 0 bridgehead atoms. The van der Waals surface area contributed by atoms with E-state index < -0.39 is 23.8 Å². The van der Waals surface area contributed by atoms with Gasteiger partial charge in [-0.25, -0.2) is 4.79 Å². The molecule has 1 atom stereocenters. The number of ether oxygens (including phenoxy) is 1. The van der Waals surface area contributed by atoms with E-state index >= 15 is 0 Å². The van der Waals surface area contributed by atoms with Crippen molar-refractivity contribution in [1.29, 1.82) is 0 Å². The largest absolute Gasteiger partial charge is 0.478 e. The van der Waals surface area contributed by atoms with Crippen molar-refractivity contribution in [2.45, 2.75) is 18.7 Å². The van der Waals surface area contributed by atoms with Crippen LogP contribution in [0.3, 0.4) is 0 Å². The minimum absolute atomic E-state index is 0.00206. The summed E-state index contributed by atoms with van der Waals surface area (Å²) in [6.07, 6.45) is -5.96. The summed E-state index contributed by atoms with van der Waals surface area (Å²) >= 11 is 0. The van der Waals surface area contributed by atoms with Crippen LogP contribution < -0.4 is 4.74 Å². The van der Waals surface area contributed by atoms with Crippen LogP contribution in [-0.2, 0) is 17.4 Å². The van der Waals surface area contributed by atoms with E-state index in [2.05, 4.69) is 0 Å². The zero-order chi connectivity index (χ0) is 11.9. The second kappa shape index (κ2) is 3.40. The van der Waals surface area contributed by atoms with Crippen LogP contribution >= 0.6 is 0 Å². The average Bonchev–Trinajstić information content (AvgIpc) is 2.58. The fourth-order valence-corrected chi connectivity index (χ4v) is 1.67. The van der Waals surface area contributed by atoms with Gasteiger partial charge in [-0.3, -0.25) is 0 Å². The normalized spacial score (nSPS) is 19.1. The van der Waals surface area contributed by atoms with Crippen LogP contribution in [0.4, 0.5) is 13.2 Å². The maximum atomic E-state index is 12.6. The predicted octanol–water partition coefficient (Wildman–Crippen LogP) is 2.09. The molecule has 0 radical (unpaired) electrons. The predicted molar refractivity (Wildman–Crippen MR) is 47.2 cm³/mol. The summed E-state index contributed by atoms with van der Waals surface area (Å²) in [4.78, 5) is 10.6. The number of carboxylic acid groups (broad SMARTS) is 1. The molecule has 0 aliphatic carbocycles. The Morgan fingerprint density at radius 2 is 2.12 bits per heavy atom. The Morgan fingerprint density at radius 3 is 2.69 bits per heavy atom. The standard InChI is InChI=1S/C10H7F3O3/c11-10(12,13)6-2-1-3-7-5(6)4-8(16-7)9(14)15/h1-3,8H,4H2,(H,14,15). The van der Waals surface area contributed by atoms with E-state index in [-0.39, 0.29) is 17.7 Å². The first kappa shape index (κ1) is 10.8. The molecule has 1 aromatic rings. The molecule has 1 aliphatic heterocycles. The van der Waals surface area contributed by atoms with Crippen LogP contribution in [-0.4, -0.2) is 17.2 Å². The van der Waals surface area contributed by atoms with E-state index in [1.54, 1.807) is 0 Å². The van der Waals surface area contributed by atoms with Gasteiger partial charge >= 0.3 is 12.1 Å². The Bertz CT molecular complexity index is 439. The van der Waals surface area contributed by atoms with E-state index in [1.807, 2.05) is 0 Å². The zero-order valence-electron chi connectivity index (χ0n) is 7.91. The van der Waals surface area contributed by atoms with Gasteiger partial charge in [-0.1, -0.05) is 6.07 Å². The third-order valence-corrected chi connectivity index (χ3v) is 2.37. The molecule has 1 aliphatic rings. The number of alkyl halides is 3. The maximum absolute atomic E-state index is 12.6. The highest BCUT2D eigenvalue weighted by Gasteiger charge is 2.39. The number of halogens is 3. The average molecular weight is 232 g/mol. The van der Waals surface area contributed by atoms with Crippen molar-refractivity contribution in [1.82, 2.24) is 0 Å². The van der Waals surface area contributed by atoms with Gasteiger partial charge in [-0.2, -0.15) is 13.2 Å². The quantitative estimate of drug-likeness (QED) is 0.806. The van der Waals surface area contributed by atoms with Crippen LogP contribution in [0.25, 0.3) is 0 Å². The van der Waals surface area contributed by atoms with E-state index in [4.69, 9.17) is 9.84 Å². The Balaban J connectivity index is 2.42. The molecule has 0 saturated heterocycles. The van der Waals surface area contributed by atoms with Crippen molar-refractivity contribution >= 4 is 5.97 Å². The van der Waals surface area contributed by atoms with Gasteiger partial charge in [-0.15, -0.1) is 0 Å². The van der Waals surface area contributed by atoms with Crippen molar-refractivity contribution in [2.75, 3.05) is 0 Å². The molecule has 86 valence electrons. The van der Waals surface area contributed by atoms with E-state index in [0.717, 1.165) is 6.07 Å². The van der Waals surface area contributed by atoms with Crippen molar-refractivity contribution in [3.8, 4) is 5.75 Å². The van der Waals surface area contributed by atoms with E-state index in [9.17, 15) is 18.0 Å². The van der Waals surface area contributed by atoms with Crippen LogP contribution in [0.1, 0.15) is 11.1 Å². The topological polar surface area (TPSA) is 46.5 Å². The molecular formula is C10H7F3O3. The molecule has 1 unspecified atom stereocenters. The second-order valence-corrected chi connectivity index (χ2v) is 3.43. The third kappa shape index (κ3) is 1.70. The molecule has 0 amide bonds. The lowest BCUT2D eigenvalue weighted by Crippen LogP contribution is -2.24. The van der Waals surface area contributed by atoms with Gasteiger partial charge in [0, 0.05) is 12.0 Å². The van der Waals surface area contributed by atoms with Crippen LogP contribution in [0, 0.1) is 0 Å². The summed E-state index contributed by atoms with van der Waals surface area (Å²) in [6, 6.07) is 3.46. The van der Waals surface area contributed by atoms with Crippen molar-refractivity contribution in [3.05, 3.63) is 29.3 Å². The molecule has 2 rings (SSSR count). The summed E-state index contributed by atoms with van der Waals surface area (Å²) in [7, 11) is 0. The minimum atomic E-state index is -4.48. The van der Waals surface area contributed by atoms with Crippen LogP contribution in [0.15, 0.2) is 18.2 Å². The molecule has 16 heavy (non-hydrogen) atoms. The smallest absolute Gasteiger partial charge is 0.416 e. The number of rotatable bonds is 1. The lowest BCUT2D eigenvalue weighted by molar-refractivity contribution is -0.144. The summed E-state index contributed by atoms with van der Waals surface area (Å²) in [5, 5.41) is 8.67. The number of benzene rings is 1. The van der Waals surface area contributed by atoms with Crippen molar-refractivity contribution in [3.63, 3.8) is 0 Å². The Hall–Kier alpha value is -1.72. The van der Waals surface area contributed by atoms with E-state index in [0.29, 0.717) is 0 Å². The molecule has 6 heteroatoms. The molecule has 1 N–H and O–H groups in total. The molecule has 3 nitrogen and oxygen atoms in total. The van der Waals surface area contributed by atoms with Gasteiger partial charge in [0.1, 0.15) is 5.75 Å². The van der Waals surface area contributed by atoms with Crippen molar-refractivity contribution < 1.29 is 27.8 Å². The summed E-state index contributed by atoms with van der Waals surface area (Å²) in [6.45, 7) is 0. The van der Waals surface area contributed by atoms with Gasteiger partial charge < -0.3 is 9.84 Å². The van der Waals surface area contributed by atoms with Crippen LogP contribution in [0.2, 0.25) is 0 Å². The maximum Gasteiger partial charge on any atom is 0.416 e. The molecule has 0 aromatic heterocycles. The molecule has 1 aromatic carbocycles. The first-order chi connectivity index (χ1) is 7.39. The molecule has 0 fully saturated rings. The van der Waals surface area contributed by atoms with Gasteiger partial charge in [0.2, 0.25) is 0 Å². The number of hydrogen-bond acceptors (Lipinski definition) is 2. The lowest BCUT2D eigenvalue weighted by Gasteiger charge is -2.09. The van der Waals surface area contributed by atoms with Gasteiger partial charge in [0.25, 0.3) is 0 Å². The third-order valence-electron chi connectivity index (χ3n) is 2.37. The SMILES string of the molecule is O=C(O)C1Cc2c(cccc2C(F)(F)F)O1. The summed E-state index contributed by atoms with van der Waals surface area (Å²) in [5.41, 5.74) is -0.906. The van der Waals surface area contributed by atoms with Gasteiger partial charge in [-0.05, 0) is 12.1 Å². The van der Waals surface area contributed by atoms with Gasteiger partial charge in [0.05, 0.1) is 5.56 Å². The van der Waals surface area contributed by atoms with Gasteiger partial charge in [0.15, 0.2) is 6.10 Å². The Morgan fingerprint density at radius 1 is 1.44 bits per heavy atom. The summed E-state index contributed by atoms with van der Waals surface area (Å²) < 4.78 is 42.6. The monoisotopic (exact) mass is 232 g/mol. The molecule has 1 heterocycles. The highest BCUT2D eigenvalue weighted by atomic mass is 19.4. The number of carboxylic acids is 1. The number of aliphatic carboxylic acids is 1. The van der Waals surface area contributed by atoms with Crippen LogP contribution in [0.5, 0.6) is 5.75 Å². The first-order valence-electron chi connectivity index (χ1n) is 4.48. The Labute approximate surface area is 88.5 Å². The fraction of sp³-hybridized carbons (Fsp3) is 0.300. The molecule has 0 saturated carbocycles. The van der Waals surface area contributed by atoms with Crippen molar-refractivity contribution in [2.24, 2.45) is 0 Å². The highest BCUT2D eigenvalue weighted by molar-refractivity contribution is 5.75. The Kier molecular flexibility index (Phi) is 2.29. The minimum Gasteiger partial charge on any atom is -0.478 e. The first-order valence-corrected chi connectivity index (χ1v) is 4.48. The number of hydrogen-bond donors (Lipinski definition) is 1. The second-order valence-electron chi connectivity index (χ2n) is 3.43.